The van der Waals surface area contributed by atoms with Gasteiger partial charge in [-0.05, 0) is 33.6 Å². The number of likely N-dealkylation sites (N-methyl/N-ethyl adjacent to an activating group) is 1. The lowest BCUT2D eigenvalue weighted by atomic mass is 9.93. The lowest BCUT2D eigenvalue weighted by molar-refractivity contribution is 0.128. The summed E-state index contributed by atoms with van der Waals surface area (Å²) in [5.74, 6) is 0. The van der Waals surface area contributed by atoms with E-state index in [1.807, 2.05) is 19.0 Å². The maximum atomic E-state index is 9.68. The number of aliphatic hydroxyl groups is 1. The molecule has 0 aliphatic heterocycles. The Kier molecular flexibility index (Phi) is 7.15. The van der Waals surface area contributed by atoms with E-state index in [2.05, 4.69) is 38.2 Å². The molecular formula is C12H29N3O. The van der Waals surface area contributed by atoms with Crippen molar-refractivity contribution in [1.82, 2.24) is 15.1 Å². The molecule has 0 spiro atoms. The molecule has 0 radical (unpaired) electrons. The first-order valence-electron chi connectivity index (χ1n) is 5.91. The summed E-state index contributed by atoms with van der Waals surface area (Å²) in [7, 11) is 8.11. The Bertz CT molecular complexity index is 181. The Balaban J connectivity index is 3.71. The zero-order valence-electron chi connectivity index (χ0n) is 11.7. The molecule has 0 aromatic carbocycles. The number of hydrogen-bond donors (Lipinski definition) is 2. The lowest BCUT2D eigenvalue weighted by Crippen LogP contribution is -2.42. The Hall–Kier alpha value is -0.160. The number of hydrogen-bond acceptors (Lipinski definition) is 4. The van der Waals surface area contributed by atoms with Gasteiger partial charge in [0.2, 0.25) is 0 Å². The quantitative estimate of drug-likeness (QED) is 0.621. The maximum absolute atomic E-state index is 9.68. The highest BCUT2D eigenvalue weighted by Gasteiger charge is 2.18. The molecule has 1 atom stereocenters. The van der Waals surface area contributed by atoms with E-state index in [1.165, 1.54) is 0 Å². The van der Waals surface area contributed by atoms with E-state index in [0.29, 0.717) is 13.1 Å². The van der Waals surface area contributed by atoms with E-state index in [0.717, 1.165) is 13.1 Å². The molecule has 0 saturated carbocycles. The standard InChI is InChI=1S/C12H29N3O/c1-12(2,10-15(5)6)9-13-7-11(16)8-14(3)4/h11,13,16H,7-10H2,1-6H3. The Morgan fingerprint density at radius 2 is 1.69 bits per heavy atom. The van der Waals surface area contributed by atoms with Gasteiger partial charge in [0.25, 0.3) is 0 Å². The van der Waals surface area contributed by atoms with Gasteiger partial charge in [-0.25, -0.2) is 0 Å². The fourth-order valence-corrected chi connectivity index (χ4v) is 1.98. The van der Waals surface area contributed by atoms with E-state index >= 15 is 0 Å². The van der Waals surface area contributed by atoms with Crippen LogP contribution in [-0.4, -0.2) is 75.4 Å². The average molecular weight is 231 g/mol. The number of nitrogens with one attached hydrogen (secondary N) is 1. The summed E-state index contributed by atoms with van der Waals surface area (Å²) in [4.78, 5) is 4.19. The zero-order chi connectivity index (χ0) is 12.8. The molecule has 4 heteroatoms. The number of rotatable bonds is 8. The van der Waals surface area contributed by atoms with Crippen molar-refractivity contribution in [3.8, 4) is 0 Å². The van der Waals surface area contributed by atoms with Crippen molar-refractivity contribution in [2.75, 3.05) is 54.4 Å². The van der Waals surface area contributed by atoms with Gasteiger partial charge in [0, 0.05) is 26.2 Å². The molecular weight excluding hydrogens is 202 g/mol. The summed E-state index contributed by atoms with van der Waals surface area (Å²) in [6, 6.07) is 0. The van der Waals surface area contributed by atoms with Gasteiger partial charge in [0.1, 0.15) is 0 Å². The van der Waals surface area contributed by atoms with Gasteiger partial charge in [-0.1, -0.05) is 13.8 Å². The van der Waals surface area contributed by atoms with Gasteiger partial charge in [-0.2, -0.15) is 0 Å². The molecule has 2 N–H and O–H groups in total. The summed E-state index contributed by atoms with van der Waals surface area (Å²) in [5, 5.41) is 13.0. The molecule has 0 aromatic rings. The minimum Gasteiger partial charge on any atom is -0.390 e. The second kappa shape index (κ2) is 7.22. The molecule has 98 valence electrons. The average Bonchev–Trinajstić information content (AvgIpc) is 1.98. The van der Waals surface area contributed by atoms with E-state index in [1.54, 1.807) is 0 Å². The Morgan fingerprint density at radius 3 is 2.12 bits per heavy atom. The Morgan fingerprint density at radius 1 is 1.12 bits per heavy atom. The summed E-state index contributed by atoms with van der Waals surface area (Å²) < 4.78 is 0. The largest absolute Gasteiger partial charge is 0.390 e. The van der Waals surface area contributed by atoms with E-state index < -0.39 is 0 Å². The van der Waals surface area contributed by atoms with Crippen molar-refractivity contribution < 1.29 is 5.11 Å². The zero-order valence-corrected chi connectivity index (χ0v) is 11.7. The Labute approximate surface area is 101 Å². The second-order valence-electron chi connectivity index (χ2n) is 5.95. The fourth-order valence-electron chi connectivity index (χ4n) is 1.98. The summed E-state index contributed by atoms with van der Waals surface area (Å²) in [6.07, 6.45) is -0.287. The minimum absolute atomic E-state index is 0.237. The van der Waals surface area contributed by atoms with Gasteiger partial charge in [-0.3, -0.25) is 0 Å². The van der Waals surface area contributed by atoms with Crippen molar-refractivity contribution in [2.45, 2.75) is 20.0 Å². The normalized spacial score (nSPS) is 14.8. The molecule has 0 bridgehead atoms. The molecule has 4 nitrogen and oxygen atoms in total. The van der Waals surface area contributed by atoms with Crippen LogP contribution < -0.4 is 5.32 Å². The van der Waals surface area contributed by atoms with Crippen molar-refractivity contribution in [1.29, 1.82) is 0 Å². The van der Waals surface area contributed by atoms with Crippen LogP contribution in [0.3, 0.4) is 0 Å². The van der Waals surface area contributed by atoms with Crippen LogP contribution in [0.5, 0.6) is 0 Å². The maximum Gasteiger partial charge on any atom is 0.0791 e. The van der Waals surface area contributed by atoms with Gasteiger partial charge in [0.05, 0.1) is 6.10 Å². The first-order chi connectivity index (χ1) is 7.23. The molecule has 0 aliphatic rings. The van der Waals surface area contributed by atoms with Crippen LogP contribution in [0, 0.1) is 5.41 Å². The molecule has 0 aliphatic carbocycles. The third-order valence-electron chi connectivity index (χ3n) is 2.30. The molecule has 0 rings (SSSR count). The van der Waals surface area contributed by atoms with Crippen LogP contribution in [0.4, 0.5) is 0 Å². The highest BCUT2D eigenvalue weighted by Crippen LogP contribution is 2.13. The second-order valence-corrected chi connectivity index (χ2v) is 5.95. The SMILES string of the molecule is CN(C)CC(O)CNCC(C)(C)CN(C)C. The number of aliphatic hydroxyl groups excluding tert-OH is 1. The van der Waals surface area contributed by atoms with Crippen LogP contribution >= 0.6 is 0 Å². The topological polar surface area (TPSA) is 38.7 Å². The fraction of sp³-hybridized carbons (Fsp3) is 1.00. The molecule has 0 saturated heterocycles. The van der Waals surface area contributed by atoms with Crippen molar-refractivity contribution in [2.24, 2.45) is 5.41 Å². The highest BCUT2D eigenvalue weighted by molar-refractivity contribution is 4.75. The van der Waals surface area contributed by atoms with Crippen LogP contribution in [-0.2, 0) is 0 Å². The van der Waals surface area contributed by atoms with Crippen LogP contribution in [0.25, 0.3) is 0 Å². The van der Waals surface area contributed by atoms with Crippen molar-refractivity contribution in [3.05, 3.63) is 0 Å². The molecule has 16 heavy (non-hydrogen) atoms. The molecule has 1 unspecified atom stereocenters. The van der Waals surface area contributed by atoms with E-state index in [4.69, 9.17) is 0 Å². The monoisotopic (exact) mass is 231 g/mol. The van der Waals surface area contributed by atoms with Gasteiger partial charge >= 0.3 is 0 Å². The number of nitrogens with zero attached hydrogens (tertiary/aromatic N) is 2. The van der Waals surface area contributed by atoms with Crippen molar-refractivity contribution >= 4 is 0 Å². The molecule has 0 amide bonds. The lowest BCUT2D eigenvalue weighted by Gasteiger charge is -2.29. The van der Waals surface area contributed by atoms with Gasteiger partial charge in [0.15, 0.2) is 0 Å². The smallest absolute Gasteiger partial charge is 0.0791 e. The first kappa shape index (κ1) is 15.8. The van der Waals surface area contributed by atoms with Crippen LogP contribution in [0.2, 0.25) is 0 Å². The third kappa shape index (κ3) is 9.09. The molecule has 0 aromatic heterocycles. The van der Waals surface area contributed by atoms with Gasteiger partial charge in [-0.15, -0.1) is 0 Å². The third-order valence-corrected chi connectivity index (χ3v) is 2.30. The molecule has 0 fully saturated rings. The van der Waals surface area contributed by atoms with E-state index in [-0.39, 0.29) is 11.5 Å². The first-order valence-corrected chi connectivity index (χ1v) is 5.91. The van der Waals surface area contributed by atoms with Crippen LogP contribution in [0.15, 0.2) is 0 Å². The predicted octanol–water partition coefficient (Wildman–Crippen LogP) is 0.0863. The minimum atomic E-state index is -0.287. The van der Waals surface area contributed by atoms with E-state index in [9.17, 15) is 5.11 Å². The molecule has 0 heterocycles. The van der Waals surface area contributed by atoms with Crippen LogP contribution in [0.1, 0.15) is 13.8 Å². The summed E-state index contributed by atoms with van der Waals surface area (Å²) >= 11 is 0. The summed E-state index contributed by atoms with van der Waals surface area (Å²) in [6.45, 7) is 7.81. The highest BCUT2D eigenvalue weighted by atomic mass is 16.3. The summed E-state index contributed by atoms with van der Waals surface area (Å²) in [5.41, 5.74) is 0.237. The predicted molar refractivity (Wildman–Crippen MR) is 69.8 cm³/mol. The van der Waals surface area contributed by atoms with Crippen molar-refractivity contribution in [3.63, 3.8) is 0 Å². The van der Waals surface area contributed by atoms with Gasteiger partial charge < -0.3 is 20.2 Å².